The molecule has 0 aliphatic rings. The number of benzene rings is 2. The highest BCUT2D eigenvalue weighted by Gasteiger charge is 2.18. The highest BCUT2D eigenvalue weighted by atomic mass is 16.5. The summed E-state index contributed by atoms with van der Waals surface area (Å²) in [5.41, 5.74) is 1.76. The maximum absolute atomic E-state index is 11.4. The van der Waals surface area contributed by atoms with Gasteiger partial charge in [-0.1, -0.05) is 42.5 Å². The van der Waals surface area contributed by atoms with Gasteiger partial charge in [0.2, 0.25) is 0 Å². The normalized spacial score (nSPS) is 12.1. The Balaban J connectivity index is 1.99. The fourth-order valence-corrected chi connectivity index (χ4v) is 2.17. The van der Waals surface area contributed by atoms with E-state index in [-0.39, 0.29) is 6.10 Å². The van der Waals surface area contributed by atoms with Crippen LogP contribution in [-0.2, 0) is 11.3 Å². The zero-order valence-electron chi connectivity index (χ0n) is 12.8. The molecule has 0 saturated carbocycles. The number of carboxylic acids is 1. The highest BCUT2D eigenvalue weighted by Crippen LogP contribution is 2.16. The van der Waals surface area contributed by atoms with Crippen molar-refractivity contribution >= 4 is 5.97 Å². The summed E-state index contributed by atoms with van der Waals surface area (Å²) in [5, 5.41) is 12.4. The Hall–Kier alpha value is -2.33. The maximum Gasteiger partial charge on any atom is 0.325 e. The molecule has 0 heterocycles. The molecule has 0 amide bonds. The number of carboxylic acid groups (broad SMARTS) is 1. The average molecular weight is 299 g/mol. The molecule has 0 bridgehead atoms. The van der Waals surface area contributed by atoms with Crippen molar-refractivity contribution in [2.24, 2.45) is 0 Å². The van der Waals surface area contributed by atoms with Gasteiger partial charge in [0.05, 0.1) is 6.10 Å². The first-order chi connectivity index (χ1) is 10.6. The Morgan fingerprint density at radius 2 is 1.73 bits per heavy atom. The number of carbonyl (C=O) groups is 1. The summed E-state index contributed by atoms with van der Waals surface area (Å²) in [6.07, 6.45) is 0.137. The Morgan fingerprint density at radius 3 is 2.27 bits per heavy atom. The van der Waals surface area contributed by atoms with Crippen LogP contribution in [0.1, 0.15) is 31.0 Å². The number of ether oxygens (including phenoxy) is 1. The van der Waals surface area contributed by atoms with E-state index < -0.39 is 12.0 Å². The lowest BCUT2D eigenvalue weighted by Crippen LogP contribution is -2.28. The van der Waals surface area contributed by atoms with E-state index in [0.29, 0.717) is 6.54 Å². The second-order valence-electron chi connectivity index (χ2n) is 5.37. The second-order valence-corrected chi connectivity index (χ2v) is 5.37. The van der Waals surface area contributed by atoms with Gasteiger partial charge in [0, 0.05) is 6.54 Å². The van der Waals surface area contributed by atoms with Gasteiger partial charge in [0.15, 0.2) is 0 Å². The Bertz CT molecular complexity index is 593. The van der Waals surface area contributed by atoms with Crippen molar-refractivity contribution in [3.8, 4) is 5.75 Å². The third-order valence-corrected chi connectivity index (χ3v) is 3.19. The molecule has 0 aliphatic carbocycles. The van der Waals surface area contributed by atoms with E-state index in [9.17, 15) is 9.90 Å². The third kappa shape index (κ3) is 4.60. The number of aliphatic carboxylic acids is 1. The molecule has 0 spiro atoms. The van der Waals surface area contributed by atoms with Gasteiger partial charge in [-0.3, -0.25) is 10.1 Å². The van der Waals surface area contributed by atoms with Crippen molar-refractivity contribution in [3.05, 3.63) is 65.7 Å². The Labute approximate surface area is 130 Å². The maximum atomic E-state index is 11.4. The number of hydrogen-bond donors (Lipinski definition) is 2. The molecule has 1 atom stereocenters. The molecule has 22 heavy (non-hydrogen) atoms. The van der Waals surface area contributed by atoms with Crippen molar-refractivity contribution in [2.75, 3.05) is 0 Å². The van der Waals surface area contributed by atoms with Crippen molar-refractivity contribution in [1.29, 1.82) is 0 Å². The first-order valence-electron chi connectivity index (χ1n) is 7.33. The lowest BCUT2D eigenvalue weighted by molar-refractivity contribution is -0.139. The summed E-state index contributed by atoms with van der Waals surface area (Å²) in [6, 6.07) is 16.1. The van der Waals surface area contributed by atoms with Crippen LogP contribution in [-0.4, -0.2) is 17.2 Å². The summed E-state index contributed by atoms with van der Waals surface area (Å²) in [4.78, 5) is 11.4. The van der Waals surface area contributed by atoms with Crippen LogP contribution in [0.3, 0.4) is 0 Å². The SMILES string of the molecule is CC(C)Oc1ccc(CN[C@H](C(=O)O)c2ccccc2)cc1. The Morgan fingerprint density at radius 1 is 1.09 bits per heavy atom. The van der Waals surface area contributed by atoms with Crippen molar-refractivity contribution in [1.82, 2.24) is 5.32 Å². The van der Waals surface area contributed by atoms with Crippen molar-refractivity contribution in [2.45, 2.75) is 32.5 Å². The van der Waals surface area contributed by atoms with E-state index in [1.54, 1.807) is 0 Å². The van der Waals surface area contributed by atoms with E-state index in [0.717, 1.165) is 16.9 Å². The van der Waals surface area contributed by atoms with Gasteiger partial charge in [-0.2, -0.15) is 0 Å². The monoisotopic (exact) mass is 299 g/mol. The van der Waals surface area contributed by atoms with Crippen LogP contribution in [0.15, 0.2) is 54.6 Å². The molecule has 2 aromatic rings. The second kappa shape index (κ2) is 7.61. The van der Waals surface area contributed by atoms with Crippen molar-refractivity contribution < 1.29 is 14.6 Å². The van der Waals surface area contributed by atoms with Crippen LogP contribution in [0, 0.1) is 0 Å². The van der Waals surface area contributed by atoms with Crippen LogP contribution < -0.4 is 10.1 Å². The van der Waals surface area contributed by atoms with Crippen LogP contribution in [0.2, 0.25) is 0 Å². The van der Waals surface area contributed by atoms with E-state index >= 15 is 0 Å². The number of hydrogen-bond acceptors (Lipinski definition) is 3. The van der Waals surface area contributed by atoms with E-state index in [2.05, 4.69) is 5.32 Å². The van der Waals surface area contributed by atoms with Crippen molar-refractivity contribution in [3.63, 3.8) is 0 Å². The van der Waals surface area contributed by atoms with Gasteiger partial charge in [0.1, 0.15) is 11.8 Å². The van der Waals surface area contributed by atoms with Crippen LogP contribution in [0.25, 0.3) is 0 Å². The van der Waals surface area contributed by atoms with Gasteiger partial charge in [-0.05, 0) is 37.1 Å². The summed E-state index contributed by atoms with van der Waals surface area (Å²) in [7, 11) is 0. The molecule has 4 nitrogen and oxygen atoms in total. The largest absolute Gasteiger partial charge is 0.491 e. The Kier molecular flexibility index (Phi) is 5.55. The number of nitrogens with one attached hydrogen (secondary N) is 1. The summed E-state index contributed by atoms with van der Waals surface area (Å²) < 4.78 is 5.59. The predicted molar refractivity (Wildman–Crippen MR) is 85.9 cm³/mol. The topological polar surface area (TPSA) is 58.6 Å². The molecular weight excluding hydrogens is 278 g/mol. The first-order valence-corrected chi connectivity index (χ1v) is 7.33. The van der Waals surface area contributed by atoms with E-state index in [4.69, 9.17) is 4.74 Å². The fraction of sp³-hybridized carbons (Fsp3) is 0.278. The van der Waals surface area contributed by atoms with Gasteiger partial charge < -0.3 is 9.84 Å². The predicted octanol–water partition coefficient (Wildman–Crippen LogP) is 3.39. The smallest absolute Gasteiger partial charge is 0.325 e. The lowest BCUT2D eigenvalue weighted by Gasteiger charge is -2.15. The average Bonchev–Trinajstić information content (AvgIpc) is 2.49. The summed E-state index contributed by atoms with van der Waals surface area (Å²) in [5.74, 6) is -0.0671. The van der Waals surface area contributed by atoms with E-state index in [1.165, 1.54) is 0 Å². The molecule has 0 radical (unpaired) electrons. The molecule has 0 saturated heterocycles. The quantitative estimate of drug-likeness (QED) is 0.823. The molecular formula is C18H21NO3. The third-order valence-electron chi connectivity index (χ3n) is 3.19. The van der Waals surface area contributed by atoms with Gasteiger partial charge in [-0.15, -0.1) is 0 Å². The molecule has 2 rings (SSSR count). The highest BCUT2D eigenvalue weighted by molar-refractivity contribution is 5.75. The molecule has 116 valence electrons. The number of rotatable bonds is 7. The minimum Gasteiger partial charge on any atom is -0.491 e. The minimum atomic E-state index is -0.883. The molecule has 0 aliphatic heterocycles. The molecule has 2 N–H and O–H groups in total. The van der Waals surface area contributed by atoms with Gasteiger partial charge in [-0.25, -0.2) is 0 Å². The molecule has 0 aromatic heterocycles. The summed E-state index contributed by atoms with van der Waals surface area (Å²) >= 11 is 0. The molecule has 2 aromatic carbocycles. The fourth-order valence-electron chi connectivity index (χ4n) is 2.17. The van der Waals surface area contributed by atoms with E-state index in [1.807, 2.05) is 68.4 Å². The zero-order chi connectivity index (χ0) is 15.9. The molecule has 0 fully saturated rings. The lowest BCUT2D eigenvalue weighted by atomic mass is 10.1. The van der Waals surface area contributed by atoms with Gasteiger partial charge in [0.25, 0.3) is 0 Å². The van der Waals surface area contributed by atoms with Crippen LogP contribution in [0.4, 0.5) is 0 Å². The van der Waals surface area contributed by atoms with Gasteiger partial charge >= 0.3 is 5.97 Å². The standard InChI is InChI=1S/C18H21NO3/c1-13(2)22-16-10-8-14(9-11-16)12-19-17(18(20)21)15-6-4-3-5-7-15/h3-11,13,17,19H,12H2,1-2H3,(H,20,21)/t17-/m0/s1. The minimum absolute atomic E-state index is 0.137. The molecule has 0 unspecified atom stereocenters. The van der Waals surface area contributed by atoms with Crippen LogP contribution >= 0.6 is 0 Å². The molecule has 4 heteroatoms. The summed E-state index contributed by atoms with van der Waals surface area (Å²) in [6.45, 7) is 4.44. The first kappa shape index (κ1) is 16.0. The zero-order valence-corrected chi connectivity index (χ0v) is 12.8. The van der Waals surface area contributed by atoms with Crippen LogP contribution in [0.5, 0.6) is 5.75 Å².